The van der Waals surface area contributed by atoms with E-state index in [0.29, 0.717) is 0 Å². The van der Waals surface area contributed by atoms with Crippen LogP contribution in [0, 0.1) is 17.8 Å². The molecule has 12 nitrogen and oxygen atoms in total. The van der Waals surface area contributed by atoms with Crippen molar-refractivity contribution in [1.29, 1.82) is 0 Å². The predicted octanol–water partition coefficient (Wildman–Crippen LogP) is 1.56. The van der Waals surface area contributed by atoms with Crippen molar-refractivity contribution in [2.24, 2.45) is 10.8 Å². The van der Waals surface area contributed by atoms with Gasteiger partial charge in [-0.2, -0.15) is 8.42 Å². The molecule has 0 amide bonds. The molecule has 2 heterocycles. The van der Waals surface area contributed by atoms with E-state index in [-0.39, 0.29) is 58.1 Å². The maximum Gasteiger partial charge on any atom is 0.319 e. The van der Waals surface area contributed by atoms with E-state index in [1.165, 1.54) is 26.0 Å². The second kappa shape index (κ2) is 14.3. The highest BCUT2D eigenvalue weighted by Gasteiger charge is 2.50. The Morgan fingerprint density at radius 3 is 1.71 bits per heavy atom. The van der Waals surface area contributed by atoms with E-state index in [0.717, 1.165) is 5.56 Å². The van der Waals surface area contributed by atoms with Gasteiger partial charge in [-0.3, -0.25) is 13.8 Å². The zero-order valence-corrected chi connectivity index (χ0v) is 23.3. The minimum Gasteiger partial charge on any atom is -0.465 e. The maximum atomic E-state index is 12.5. The van der Waals surface area contributed by atoms with Gasteiger partial charge in [0.05, 0.1) is 56.7 Å². The Morgan fingerprint density at radius 1 is 0.868 bits per heavy atom. The molecule has 2 saturated heterocycles. The molecule has 0 aromatic heterocycles. The number of aryl methyl sites for hydroxylation is 1. The summed E-state index contributed by atoms with van der Waals surface area (Å²) < 4.78 is 60.7. The second-order valence-electron chi connectivity index (χ2n) is 9.06. The van der Waals surface area contributed by atoms with Crippen molar-refractivity contribution in [3.8, 4) is 0 Å². The van der Waals surface area contributed by atoms with Gasteiger partial charge in [0.1, 0.15) is 24.4 Å². The molecule has 2 aliphatic rings. The van der Waals surface area contributed by atoms with Crippen LogP contribution >= 0.6 is 0 Å². The molecule has 1 aromatic carbocycles. The van der Waals surface area contributed by atoms with Crippen molar-refractivity contribution in [3.63, 3.8) is 0 Å². The third-order valence-electron chi connectivity index (χ3n) is 6.29. The van der Waals surface area contributed by atoms with Crippen molar-refractivity contribution in [1.82, 2.24) is 0 Å². The lowest BCUT2D eigenvalue weighted by Crippen LogP contribution is -2.53. The Labute approximate surface area is 223 Å². The van der Waals surface area contributed by atoms with Gasteiger partial charge in [0, 0.05) is 0 Å². The highest BCUT2D eigenvalue weighted by Crippen LogP contribution is 2.33. The number of aliphatic hydroxyl groups excluding tert-OH is 1. The summed E-state index contributed by atoms with van der Waals surface area (Å²) >= 11 is 0. The quantitative estimate of drug-likeness (QED) is 0.343. The molecule has 1 aromatic rings. The minimum absolute atomic E-state index is 0.0246. The van der Waals surface area contributed by atoms with Crippen molar-refractivity contribution in [2.45, 2.75) is 51.7 Å². The molecule has 2 aliphatic heterocycles. The Morgan fingerprint density at radius 2 is 1.29 bits per heavy atom. The molecular weight excluding hydrogens is 524 g/mol. The predicted molar refractivity (Wildman–Crippen MR) is 132 cm³/mol. The average Bonchev–Trinajstić information content (AvgIpc) is 2.90. The summed E-state index contributed by atoms with van der Waals surface area (Å²) in [7, 11) is -4.03. The summed E-state index contributed by atoms with van der Waals surface area (Å²) in [6.45, 7) is 9.16. The van der Waals surface area contributed by atoms with Crippen molar-refractivity contribution >= 4 is 22.1 Å². The number of benzene rings is 1. The van der Waals surface area contributed by atoms with Crippen LogP contribution in [0.3, 0.4) is 0 Å². The summed E-state index contributed by atoms with van der Waals surface area (Å²) in [4.78, 5) is 24.0. The monoisotopic (exact) mass is 562 g/mol. The van der Waals surface area contributed by atoms with Crippen LogP contribution < -0.4 is 0 Å². The van der Waals surface area contributed by atoms with E-state index in [2.05, 4.69) is 0 Å². The van der Waals surface area contributed by atoms with Gasteiger partial charge in [-0.1, -0.05) is 17.7 Å². The Kier molecular flexibility index (Phi) is 12.1. The summed E-state index contributed by atoms with van der Waals surface area (Å²) in [5, 5.41) is 9.56. The highest BCUT2D eigenvalue weighted by atomic mass is 32.2. The number of esters is 2. The normalized spacial score (nSPS) is 20.3. The first-order valence-electron chi connectivity index (χ1n) is 12.3. The molecule has 0 spiro atoms. The number of rotatable bonds is 9. The first-order chi connectivity index (χ1) is 17.9. The lowest BCUT2D eigenvalue weighted by molar-refractivity contribution is -0.212. The van der Waals surface area contributed by atoms with Crippen molar-refractivity contribution in [2.75, 3.05) is 53.2 Å². The SMILES string of the molecule is CCOC(=O)C1(C(C)O)COCOC1.CCOC(=O)C1(C(C)OS(=O)(=O)c2ccc(C)cc2)COCOC1. The molecule has 38 heavy (non-hydrogen) atoms. The fourth-order valence-corrected chi connectivity index (χ4v) is 4.88. The van der Waals surface area contributed by atoms with Gasteiger partial charge in [0.2, 0.25) is 0 Å². The number of carbonyl (C=O) groups excluding carboxylic acids is 2. The lowest BCUT2D eigenvalue weighted by atomic mass is 9.84. The summed E-state index contributed by atoms with van der Waals surface area (Å²) in [6, 6.07) is 6.27. The third-order valence-corrected chi connectivity index (χ3v) is 7.69. The molecule has 2 unspecified atom stereocenters. The van der Waals surface area contributed by atoms with Gasteiger partial charge in [0.15, 0.2) is 0 Å². The van der Waals surface area contributed by atoms with Crippen molar-refractivity contribution in [3.05, 3.63) is 29.8 Å². The zero-order valence-electron chi connectivity index (χ0n) is 22.5. The molecule has 1 N–H and O–H groups in total. The fourth-order valence-electron chi connectivity index (χ4n) is 3.74. The smallest absolute Gasteiger partial charge is 0.319 e. The number of aliphatic hydroxyl groups is 1. The van der Waals surface area contributed by atoms with E-state index in [1.807, 2.05) is 6.92 Å². The van der Waals surface area contributed by atoms with E-state index >= 15 is 0 Å². The van der Waals surface area contributed by atoms with Crippen LogP contribution in [0.5, 0.6) is 0 Å². The van der Waals surface area contributed by atoms with Gasteiger partial charge in [0.25, 0.3) is 10.1 Å². The van der Waals surface area contributed by atoms with Crippen LogP contribution in [0.4, 0.5) is 0 Å². The van der Waals surface area contributed by atoms with E-state index < -0.39 is 45.1 Å². The van der Waals surface area contributed by atoms with Crippen molar-refractivity contribution < 1.29 is 55.7 Å². The lowest BCUT2D eigenvalue weighted by Gasteiger charge is -2.37. The molecule has 2 fully saturated rings. The average molecular weight is 563 g/mol. The van der Waals surface area contributed by atoms with Crippen LogP contribution in [-0.2, 0) is 52.3 Å². The molecule has 2 atom stereocenters. The first kappa shape index (κ1) is 32.1. The van der Waals surface area contributed by atoms with Gasteiger partial charge < -0.3 is 33.5 Å². The topological polar surface area (TPSA) is 153 Å². The first-order valence-corrected chi connectivity index (χ1v) is 13.7. The van der Waals surface area contributed by atoms with E-state index in [4.69, 9.17) is 32.6 Å². The van der Waals surface area contributed by atoms with Gasteiger partial charge in [-0.15, -0.1) is 0 Å². The minimum atomic E-state index is -4.03. The zero-order chi connectivity index (χ0) is 28.4. The molecule has 216 valence electrons. The standard InChI is InChI=1S/C16H22O7S.C9H16O5/c1-4-22-15(17)16(9-20-11-21-10-16)13(3)23-24(18,19)14-7-5-12(2)6-8-14;1-3-14-8(11)9(7(2)10)4-12-6-13-5-9/h5-8,13H,4,9-11H2,1-3H3;7,10H,3-6H2,1-2H3. The molecule has 13 heteroatoms. The number of ether oxygens (including phenoxy) is 6. The van der Waals surface area contributed by atoms with E-state index in [9.17, 15) is 23.1 Å². The number of hydrogen-bond donors (Lipinski definition) is 1. The Hall–Kier alpha value is -2.13. The molecule has 3 rings (SSSR count). The second-order valence-corrected chi connectivity index (χ2v) is 10.6. The third kappa shape index (κ3) is 7.72. The molecule has 0 aliphatic carbocycles. The van der Waals surface area contributed by atoms with Crippen LogP contribution in [0.1, 0.15) is 33.3 Å². The molecule has 0 saturated carbocycles. The van der Waals surface area contributed by atoms with Crippen LogP contribution in [0.15, 0.2) is 29.2 Å². The fraction of sp³-hybridized carbons (Fsp3) is 0.680. The van der Waals surface area contributed by atoms with E-state index in [1.54, 1.807) is 26.0 Å². The Balaban J connectivity index is 0.000000308. The van der Waals surface area contributed by atoms with Gasteiger partial charge >= 0.3 is 11.9 Å². The van der Waals surface area contributed by atoms with Crippen LogP contribution in [0.25, 0.3) is 0 Å². The Bertz CT molecular complexity index is 994. The summed E-state index contributed by atoms with van der Waals surface area (Å²) in [5.41, 5.74) is -1.46. The number of carbonyl (C=O) groups is 2. The molecular formula is C25H38O12S. The van der Waals surface area contributed by atoms with Crippen LogP contribution in [0.2, 0.25) is 0 Å². The van der Waals surface area contributed by atoms with Crippen LogP contribution in [-0.4, -0.2) is 90.9 Å². The number of hydrogen-bond acceptors (Lipinski definition) is 12. The maximum absolute atomic E-state index is 12.5. The molecule has 0 radical (unpaired) electrons. The van der Waals surface area contributed by atoms with Gasteiger partial charge in [-0.05, 0) is 46.8 Å². The molecule has 0 bridgehead atoms. The largest absolute Gasteiger partial charge is 0.465 e. The summed E-state index contributed by atoms with van der Waals surface area (Å²) in [5.74, 6) is -1.06. The van der Waals surface area contributed by atoms with Gasteiger partial charge in [-0.25, -0.2) is 0 Å². The highest BCUT2D eigenvalue weighted by molar-refractivity contribution is 7.86. The summed E-state index contributed by atoms with van der Waals surface area (Å²) in [6.07, 6.45) is -1.86.